The van der Waals surface area contributed by atoms with Crippen LogP contribution < -0.4 is 25.1 Å². The van der Waals surface area contributed by atoms with Gasteiger partial charge in [0, 0.05) is 11.9 Å². The Hall–Kier alpha value is -4.40. The lowest BCUT2D eigenvalue weighted by atomic mass is 10.1. The van der Waals surface area contributed by atoms with Gasteiger partial charge in [-0.05, 0) is 61.0 Å². The van der Waals surface area contributed by atoms with Crippen molar-refractivity contribution in [3.8, 4) is 22.9 Å². The van der Waals surface area contributed by atoms with Gasteiger partial charge in [0.25, 0.3) is 5.56 Å². The number of pyridine rings is 1. The molecule has 0 aliphatic carbocycles. The van der Waals surface area contributed by atoms with Gasteiger partial charge in [-0.2, -0.15) is 0 Å². The molecule has 0 radical (unpaired) electrons. The Labute approximate surface area is 195 Å². The van der Waals surface area contributed by atoms with Crippen molar-refractivity contribution < 1.29 is 19.0 Å². The summed E-state index contributed by atoms with van der Waals surface area (Å²) in [6.07, 6.45) is 1.72. The number of aryl methyl sites for hydroxylation is 1. The summed E-state index contributed by atoms with van der Waals surface area (Å²) in [5.74, 6) is 1.74. The number of rotatable bonds is 7. The van der Waals surface area contributed by atoms with Crippen molar-refractivity contribution >= 4 is 22.6 Å². The minimum Gasteiger partial charge on any atom is -0.493 e. The average Bonchev–Trinajstić information content (AvgIpc) is 2.84. The van der Waals surface area contributed by atoms with E-state index in [0.717, 1.165) is 0 Å². The van der Waals surface area contributed by atoms with E-state index in [-0.39, 0.29) is 17.9 Å². The molecule has 2 aromatic heterocycles. The lowest BCUT2D eigenvalue weighted by Crippen LogP contribution is -2.22. The van der Waals surface area contributed by atoms with Crippen molar-refractivity contribution in [1.82, 2.24) is 14.5 Å². The van der Waals surface area contributed by atoms with E-state index in [0.29, 0.717) is 51.0 Å². The third-order valence-electron chi connectivity index (χ3n) is 5.31. The van der Waals surface area contributed by atoms with Crippen LogP contribution in [-0.2, 0) is 11.2 Å². The van der Waals surface area contributed by atoms with E-state index in [1.165, 1.54) is 25.9 Å². The van der Waals surface area contributed by atoms with Gasteiger partial charge in [-0.3, -0.25) is 14.2 Å². The highest BCUT2D eigenvalue weighted by molar-refractivity contribution is 5.92. The molecule has 0 bridgehead atoms. The maximum Gasteiger partial charge on any atom is 0.267 e. The van der Waals surface area contributed by atoms with Gasteiger partial charge in [-0.15, -0.1) is 0 Å². The van der Waals surface area contributed by atoms with E-state index in [4.69, 9.17) is 14.2 Å². The van der Waals surface area contributed by atoms with Gasteiger partial charge in [-0.1, -0.05) is 0 Å². The molecule has 9 heteroatoms. The van der Waals surface area contributed by atoms with Gasteiger partial charge in [0.2, 0.25) is 11.7 Å². The van der Waals surface area contributed by atoms with Gasteiger partial charge in [0.15, 0.2) is 17.1 Å². The van der Waals surface area contributed by atoms with Crippen molar-refractivity contribution in [3.05, 3.63) is 76.5 Å². The molecule has 2 heterocycles. The first-order chi connectivity index (χ1) is 16.4. The summed E-state index contributed by atoms with van der Waals surface area (Å²) in [5.41, 5.74) is 2.17. The normalized spacial score (nSPS) is 10.7. The summed E-state index contributed by atoms with van der Waals surface area (Å²) >= 11 is 0. The van der Waals surface area contributed by atoms with E-state index in [1.54, 1.807) is 61.7 Å². The third kappa shape index (κ3) is 4.40. The van der Waals surface area contributed by atoms with Gasteiger partial charge in [0.1, 0.15) is 5.82 Å². The van der Waals surface area contributed by atoms with Crippen LogP contribution in [-0.4, -0.2) is 41.8 Å². The number of nitrogens with zero attached hydrogens (tertiary/aromatic N) is 3. The van der Waals surface area contributed by atoms with Gasteiger partial charge in [0.05, 0.1) is 38.8 Å². The van der Waals surface area contributed by atoms with Crippen molar-refractivity contribution in [2.75, 3.05) is 26.6 Å². The van der Waals surface area contributed by atoms with Crippen LogP contribution in [0.25, 0.3) is 16.7 Å². The molecule has 0 fully saturated rings. The summed E-state index contributed by atoms with van der Waals surface area (Å²) in [5, 5.41) is 3.31. The van der Waals surface area contributed by atoms with Gasteiger partial charge in [-0.25, -0.2) is 9.97 Å². The maximum absolute atomic E-state index is 12.9. The van der Waals surface area contributed by atoms with E-state index in [9.17, 15) is 9.59 Å². The lowest BCUT2D eigenvalue weighted by Gasteiger charge is -2.14. The fraction of sp³-hybridized carbons (Fsp3) is 0.200. The smallest absolute Gasteiger partial charge is 0.267 e. The molecule has 4 aromatic rings. The van der Waals surface area contributed by atoms with E-state index in [2.05, 4.69) is 15.3 Å². The number of nitrogens with one attached hydrogen (secondary N) is 1. The number of carbonyl (C=O) groups excluding carboxylic acids is 1. The van der Waals surface area contributed by atoms with Crippen molar-refractivity contribution in [2.45, 2.75) is 13.3 Å². The number of hydrogen-bond donors (Lipinski definition) is 1. The highest BCUT2D eigenvalue weighted by atomic mass is 16.5. The Morgan fingerprint density at radius 3 is 2.29 bits per heavy atom. The van der Waals surface area contributed by atoms with Crippen LogP contribution in [0.2, 0.25) is 0 Å². The number of carbonyl (C=O) groups is 1. The zero-order chi connectivity index (χ0) is 24.2. The molecule has 0 saturated heterocycles. The molecule has 0 saturated carbocycles. The number of amides is 1. The molecule has 2 aromatic carbocycles. The van der Waals surface area contributed by atoms with Crippen LogP contribution in [0.3, 0.4) is 0 Å². The predicted octanol–water partition coefficient (Wildman–Crippen LogP) is 3.30. The van der Waals surface area contributed by atoms with Crippen LogP contribution >= 0.6 is 0 Å². The largest absolute Gasteiger partial charge is 0.493 e. The average molecular weight is 460 g/mol. The topological polar surface area (TPSA) is 105 Å². The molecule has 1 amide bonds. The lowest BCUT2D eigenvalue weighted by molar-refractivity contribution is -0.115. The molecule has 34 heavy (non-hydrogen) atoms. The second-order valence-electron chi connectivity index (χ2n) is 7.48. The zero-order valence-corrected chi connectivity index (χ0v) is 19.3. The number of benzene rings is 2. The second-order valence-corrected chi connectivity index (χ2v) is 7.48. The van der Waals surface area contributed by atoms with Gasteiger partial charge < -0.3 is 19.5 Å². The molecule has 0 spiro atoms. The summed E-state index contributed by atoms with van der Waals surface area (Å²) in [6, 6.07) is 13.9. The molecule has 4 rings (SSSR count). The number of anilines is 1. The Morgan fingerprint density at radius 2 is 1.68 bits per heavy atom. The second kappa shape index (κ2) is 9.62. The monoisotopic (exact) mass is 460 g/mol. The third-order valence-corrected chi connectivity index (χ3v) is 5.31. The molecule has 0 aliphatic rings. The number of fused-ring (bicyclic) bond motifs is 1. The van der Waals surface area contributed by atoms with Crippen LogP contribution in [0, 0.1) is 6.92 Å². The molecule has 0 unspecified atom stereocenters. The first kappa shape index (κ1) is 22.8. The zero-order valence-electron chi connectivity index (χ0n) is 19.3. The molecule has 174 valence electrons. The van der Waals surface area contributed by atoms with Crippen LogP contribution in [0.4, 0.5) is 5.69 Å². The molecule has 0 aliphatic heterocycles. The number of methoxy groups -OCH3 is 3. The standard InChI is InChI=1S/C25H24N4O5/c1-15-27-24-19(6-5-11-26-24)25(31)29(15)18-9-7-17(8-10-18)28-22(30)14-16-12-20(32-2)23(34-4)21(13-16)33-3/h5-13H,14H2,1-4H3,(H,28,30). The molecule has 0 atom stereocenters. The summed E-state index contributed by atoms with van der Waals surface area (Å²) < 4.78 is 17.5. The Balaban J connectivity index is 1.53. The van der Waals surface area contributed by atoms with Crippen molar-refractivity contribution in [1.29, 1.82) is 0 Å². The molecule has 1 N–H and O–H groups in total. The quantitative estimate of drug-likeness (QED) is 0.451. The summed E-state index contributed by atoms with van der Waals surface area (Å²) in [4.78, 5) is 34.2. The highest BCUT2D eigenvalue weighted by Gasteiger charge is 2.15. The van der Waals surface area contributed by atoms with E-state index >= 15 is 0 Å². The predicted molar refractivity (Wildman–Crippen MR) is 128 cm³/mol. The van der Waals surface area contributed by atoms with Crippen molar-refractivity contribution in [2.24, 2.45) is 0 Å². The first-order valence-electron chi connectivity index (χ1n) is 10.5. The fourth-order valence-electron chi connectivity index (χ4n) is 3.75. The Bertz CT molecular complexity index is 1390. The van der Waals surface area contributed by atoms with E-state index in [1.807, 2.05) is 0 Å². The SMILES string of the molecule is COc1cc(CC(=O)Nc2ccc(-n3c(C)nc4ncccc4c3=O)cc2)cc(OC)c1OC. The molecular formula is C25H24N4O5. The summed E-state index contributed by atoms with van der Waals surface area (Å²) in [6.45, 7) is 1.75. The number of hydrogen-bond acceptors (Lipinski definition) is 7. The molecular weight excluding hydrogens is 436 g/mol. The van der Waals surface area contributed by atoms with E-state index < -0.39 is 0 Å². The number of ether oxygens (including phenoxy) is 3. The molecule has 9 nitrogen and oxygen atoms in total. The Morgan fingerprint density at radius 1 is 1.00 bits per heavy atom. The highest BCUT2D eigenvalue weighted by Crippen LogP contribution is 2.38. The number of aromatic nitrogens is 3. The van der Waals surface area contributed by atoms with Gasteiger partial charge >= 0.3 is 0 Å². The minimum atomic E-state index is -0.214. The van der Waals surface area contributed by atoms with Crippen LogP contribution in [0.15, 0.2) is 59.5 Å². The van der Waals surface area contributed by atoms with Crippen molar-refractivity contribution in [3.63, 3.8) is 0 Å². The van der Waals surface area contributed by atoms with Crippen LogP contribution in [0.5, 0.6) is 17.2 Å². The Kier molecular flexibility index (Phi) is 6.44. The summed E-state index contributed by atoms with van der Waals surface area (Å²) in [7, 11) is 4.57. The van der Waals surface area contributed by atoms with Crippen LogP contribution in [0.1, 0.15) is 11.4 Å². The fourth-order valence-corrected chi connectivity index (χ4v) is 3.75. The first-order valence-corrected chi connectivity index (χ1v) is 10.5. The maximum atomic E-state index is 12.9. The minimum absolute atomic E-state index is 0.110.